The van der Waals surface area contributed by atoms with E-state index in [1.807, 2.05) is 6.92 Å². The first-order valence-corrected chi connectivity index (χ1v) is 8.10. The molecule has 4 heteroatoms. The van der Waals surface area contributed by atoms with Crippen LogP contribution in [0.25, 0.3) is 0 Å². The molecule has 2 nitrogen and oxygen atoms in total. The van der Waals surface area contributed by atoms with Crippen molar-refractivity contribution in [1.82, 2.24) is 4.90 Å². The molecule has 1 saturated heterocycles. The van der Waals surface area contributed by atoms with E-state index in [4.69, 9.17) is 4.74 Å². The zero-order chi connectivity index (χ0) is 16.8. The van der Waals surface area contributed by atoms with Gasteiger partial charge in [-0.25, -0.2) is 8.78 Å². The SMILES string of the molecule is C=C(C)OCC1CCN(C(=C)CCc2ccc(F)cc2F)CC1. The van der Waals surface area contributed by atoms with Crippen LogP contribution in [-0.2, 0) is 11.2 Å². The highest BCUT2D eigenvalue weighted by Gasteiger charge is 2.20. The van der Waals surface area contributed by atoms with Gasteiger partial charge in [0.1, 0.15) is 11.6 Å². The molecule has 0 amide bonds. The van der Waals surface area contributed by atoms with Crippen LogP contribution in [-0.4, -0.2) is 24.6 Å². The lowest BCUT2D eigenvalue weighted by atomic mass is 9.96. The second-order valence-corrected chi connectivity index (χ2v) is 6.25. The number of benzene rings is 1. The molecule has 2 rings (SSSR count). The van der Waals surface area contributed by atoms with Crippen LogP contribution in [0.1, 0.15) is 31.7 Å². The highest BCUT2D eigenvalue weighted by Crippen LogP contribution is 2.23. The molecular formula is C19H25F2NO. The summed E-state index contributed by atoms with van der Waals surface area (Å²) in [5, 5.41) is 0. The van der Waals surface area contributed by atoms with Gasteiger partial charge in [0, 0.05) is 24.9 Å². The van der Waals surface area contributed by atoms with E-state index in [-0.39, 0.29) is 0 Å². The minimum absolute atomic E-state index is 0.478. The molecule has 0 spiro atoms. The third kappa shape index (κ3) is 5.38. The Hall–Kier alpha value is -1.84. The van der Waals surface area contributed by atoms with Crippen LogP contribution in [0.15, 0.2) is 42.8 Å². The van der Waals surface area contributed by atoms with Gasteiger partial charge >= 0.3 is 0 Å². The number of hydrogen-bond acceptors (Lipinski definition) is 2. The van der Waals surface area contributed by atoms with Gasteiger partial charge in [0.2, 0.25) is 0 Å². The number of nitrogens with zero attached hydrogens (tertiary/aromatic N) is 1. The highest BCUT2D eigenvalue weighted by molar-refractivity contribution is 5.19. The van der Waals surface area contributed by atoms with Gasteiger partial charge < -0.3 is 9.64 Å². The van der Waals surface area contributed by atoms with E-state index in [1.54, 1.807) is 0 Å². The summed E-state index contributed by atoms with van der Waals surface area (Å²) in [6, 6.07) is 3.75. The summed E-state index contributed by atoms with van der Waals surface area (Å²) >= 11 is 0. The first kappa shape index (κ1) is 17.5. The molecule has 23 heavy (non-hydrogen) atoms. The maximum atomic E-state index is 13.6. The molecule has 1 aromatic carbocycles. The molecule has 0 aromatic heterocycles. The highest BCUT2D eigenvalue weighted by atomic mass is 19.1. The third-order valence-corrected chi connectivity index (χ3v) is 4.33. The van der Waals surface area contributed by atoms with Gasteiger partial charge in [-0.05, 0) is 50.2 Å². The predicted octanol–water partition coefficient (Wildman–Crippen LogP) is 4.67. The van der Waals surface area contributed by atoms with Crippen molar-refractivity contribution in [2.45, 2.75) is 32.6 Å². The molecule has 0 N–H and O–H groups in total. The normalized spacial score (nSPS) is 15.5. The van der Waals surface area contributed by atoms with Crippen molar-refractivity contribution in [1.29, 1.82) is 0 Å². The molecule has 1 fully saturated rings. The Kier molecular flexibility index (Phi) is 6.20. The predicted molar refractivity (Wildman–Crippen MR) is 88.9 cm³/mol. The lowest BCUT2D eigenvalue weighted by Crippen LogP contribution is -2.34. The standard InChI is InChI=1S/C19H25F2NO/c1-14(2)23-13-16-8-10-22(11-9-16)15(3)4-5-17-6-7-18(20)12-19(17)21/h6-7,12,16H,1,3-5,8-11,13H2,2H3. The number of allylic oxidation sites excluding steroid dienone is 2. The summed E-state index contributed by atoms with van der Waals surface area (Å²) in [6.07, 6.45) is 3.37. The largest absolute Gasteiger partial charge is 0.499 e. The van der Waals surface area contributed by atoms with Crippen molar-refractivity contribution in [3.05, 3.63) is 60.0 Å². The lowest BCUT2D eigenvalue weighted by Gasteiger charge is -2.34. The topological polar surface area (TPSA) is 12.5 Å². The molecular weight excluding hydrogens is 296 g/mol. The molecule has 0 bridgehead atoms. The number of ether oxygens (including phenoxy) is 1. The fourth-order valence-electron chi connectivity index (χ4n) is 2.84. The maximum absolute atomic E-state index is 13.6. The second-order valence-electron chi connectivity index (χ2n) is 6.25. The van der Waals surface area contributed by atoms with Crippen LogP contribution in [0.5, 0.6) is 0 Å². The molecule has 1 aliphatic heterocycles. The van der Waals surface area contributed by atoms with E-state index in [0.717, 1.165) is 50.1 Å². The number of likely N-dealkylation sites (tertiary alicyclic amines) is 1. The monoisotopic (exact) mass is 321 g/mol. The Morgan fingerprint density at radius 2 is 1.96 bits per heavy atom. The Bertz CT molecular complexity index is 562. The molecule has 1 heterocycles. The van der Waals surface area contributed by atoms with Crippen LogP contribution >= 0.6 is 0 Å². The smallest absolute Gasteiger partial charge is 0.129 e. The fraction of sp³-hybridized carbons (Fsp3) is 0.474. The third-order valence-electron chi connectivity index (χ3n) is 4.33. The summed E-state index contributed by atoms with van der Waals surface area (Å²) in [6.45, 7) is 12.4. The maximum Gasteiger partial charge on any atom is 0.129 e. The average molecular weight is 321 g/mol. The molecule has 0 aliphatic carbocycles. The van der Waals surface area contributed by atoms with E-state index in [0.29, 0.717) is 24.3 Å². The van der Waals surface area contributed by atoms with Crippen molar-refractivity contribution >= 4 is 0 Å². The Morgan fingerprint density at radius 3 is 2.57 bits per heavy atom. The Morgan fingerprint density at radius 1 is 1.26 bits per heavy atom. The fourth-order valence-corrected chi connectivity index (χ4v) is 2.84. The van der Waals surface area contributed by atoms with Crippen LogP contribution in [0, 0.1) is 17.6 Å². The quantitative estimate of drug-likeness (QED) is 0.677. The minimum Gasteiger partial charge on any atom is -0.499 e. The van der Waals surface area contributed by atoms with Gasteiger partial charge in [-0.15, -0.1) is 0 Å². The van der Waals surface area contributed by atoms with Crippen LogP contribution in [0.3, 0.4) is 0 Å². The van der Waals surface area contributed by atoms with Crippen molar-refractivity contribution in [2.75, 3.05) is 19.7 Å². The summed E-state index contributed by atoms with van der Waals surface area (Å²) < 4.78 is 32.0. The molecule has 1 aliphatic rings. The molecule has 0 unspecified atom stereocenters. The van der Waals surface area contributed by atoms with Gasteiger partial charge in [0.25, 0.3) is 0 Å². The summed E-state index contributed by atoms with van der Waals surface area (Å²) in [7, 11) is 0. The number of halogens is 2. The van der Waals surface area contributed by atoms with Gasteiger partial charge in [-0.2, -0.15) is 0 Å². The van der Waals surface area contributed by atoms with Crippen molar-refractivity contribution in [2.24, 2.45) is 5.92 Å². The number of rotatable bonds is 7. The number of aryl methyl sites for hydroxylation is 1. The van der Waals surface area contributed by atoms with Crippen LogP contribution < -0.4 is 0 Å². The summed E-state index contributed by atoms with van der Waals surface area (Å²) in [5.74, 6) is 0.307. The van der Waals surface area contributed by atoms with E-state index in [9.17, 15) is 8.78 Å². The summed E-state index contributed by atoms with van der Waals surface area (Å²) in [5.41, 5.74) is 1.56. The van der Waals surface area contributed by atoms with Crippen LogP contribution in [0.4, 0.5) is 8.78 Å². The van der Waals surface area contributed by atoms with Gasteiger partial charge in [-0.1, -0.05) is 19.2 Å². The molecule has 126 valence electrons. The lowest BCUT2D eigenvalue weighted by molar-refractivity contribution is 0.120. The van der Waals surface area contributed by atoms with E-state index >= 15 is 0 Å². The van der Waals surface area contributed by atoms with E-state index in [2.05, 4.69) is 18.1 Å². The van der Waals surface area contributed by atoms with Gasteiger partial charge in [0.05, 0.1) is 12.4 Å². The zero-order valence-electron chi connectivity index (χ0n) is 13.8. The van der Waals surface area contributed by atoms with Crippen molar-refractivity contribution in [3.8, 4) is 0 Å². The number of hydrogen-bond donors (Lipinski definition) is 0. The average Bonchev–Trinajstić information content (AvgIpc) is 2.52. The molecule has 0 atom stereocenters. The second kappa shape index (κ2) is 8.14. The number of piperidine rings is 1. The first-order chi connectivity index (χ1) is 11.0. The Labute approximate surface area is 137 Å². The molecule has 0 radical (unpaired) electrons. The van der Waals surface area contributed by atoms with E-state index in [1.165, 1.54) is 12.1 Å². The van der Waals surface area contributed by atoms with Crippen molar-refractivity contribution in [3.63, 3.8) is 0 Å². The van der Waals surface area contributed by atoms with Gasteiger partial charge in [0.15, 0.2) is 0 Å². The zero-order valence-corrected chi connectivity index (χ0v) is 13.8. The minimum atomic E-state index is -0.538. The van der Waals surface area contributed by atoms with Gasteiger partial charge in [-0.3, -0.25) is 0 Å². The molecule has 0 saturated carbocycles. The molecule has 1 aromatic rings. The Balaban J connectivity index is 1.75. The first-order valence-electron chi connectivity index (χ1n) is 8.10. The van der Waals surface area contributed by atoms with E-state index < -0.39 is 11.6 Å². The van der Waals surface area contributed by atoms with Crippen LogP contribution in [0.2, 0.25) is 0 Å². The van der Waals surface area contributed by atoms with Crippen molar-refractivity contribution < 1.29 is 13.5 Å². The summed E-state index contributed by atoms with van der Waals surface area (Å²) in [4.78, 5) is 2.26.